The number of anilines is 1. The fourth-order valence-corrected chi connectivity index (χ4v) is 4.27. The van der Waals surface area contributed by atoms with Gasteiger partial charge < -0.3 is 15.5 Å². The summed E-state index contributed by atoms with van der Waals surface area (Å²) < 4.78 is 0. The summed E-state index contributed by atoms with van der Waals surface area (Å²) in [4.78, 5) is 5.19. The summed E-state index contributed by atoms with van der Waals surface area (Å²) in [5.41, 5.74) is 7.33. The molecule has 3 rings (SSSR count). The van der Waals surface area contributed by atoms with Gasteiger partial charge in [-0.05, 0) is 57.3 Å². The summed E-state index contributed by atoms with van der Waals surface area (Å²) >= 11 is 0. The highest BCUT2D eigenvalue weighted by Gasteiger charge is 2.33. The molecule has 2 N–H and O–H groups in total. The van der Waals surface area contributed by atoms with E-state index in [1.165, 1.54) is 50.9 Å². The second-order valence-electron chi connectivity index (χ2n) is 6.71. The number of rotatable bonds is 4. The van der Waals surface area contributed by atoms with Gasteiger partial charge in [0, 0.05) is 30.9 Å². The number of nitrogens with two attached hydrogens (primary N) is 1. The van der Waals surface area contributed by atoms with Gasteiger partial charge in [-0.25, -0.2) is 0 Å². The highest BCUT2D eigenvalue weighted by molar-refractivity contribution is 5.46. The third-order valence-corrected chi connectivity index (χ3v) is 5.61. The molecule has 1 saturated carbocycles. The smallest absolute Gasteiger partial charge is 0.0366 e. The van der Waals surface area contributed by atoms with Crippen LogP contribution in [0.2, 0.25) is 0 Å². The van der Waals surface area contributed by atoms with Gasteiger partial charge in [0.25, 0.3) is 0 Å². The highest BCUT2D eigenvalue weighted by atomic mass is 15.2. The van der Waals surface area contributed by atoms with Crippen LogP contribution in [0.1, 0.15) is 32.1 Å². The summed E-state index contributed by atoms with van der Waals surface area (Å²) in [5.74, 6) is 0.724. The molecular formula is C18H29N3. The van der Waals surface area contributed by atoms with E-state index in [1.54, 1.807) is 0 Å². The second-order valence-corrected chi connectivity index (χ2v) is 6.71. The van der Waals surface area contributed by atoms with Crippen molar-refractivity contribution in [2.75, 3.05) is 31.6 Å². The van der Waals surface area contributed by atoms with Crippen molar-refractivity contribution in [1.29, 1.82) is 0 Å². The van der Waals surface area contributed by atoms with Crippen LogP contribution >= 0.6 is 0 Å². The van der Waals surface area contributed by atoms with Crippen molar-refractivity contribution in [3.05, 3.63) is 30.3 Å². The highest BCUT2D eigenvalue weighted by Crippen LogP contribution is 2.32. The van der Waals surface area contributed by atoms with Crippen molar-refractivity contribution >= 4 is 5.69 Å². The third kappa shape index (κ3) is 3.24. The fourth-order valence-electron chi connectivity index (χ4n) is 4.27. The van der Waals surface area contributed by atoms with Gasteiger partial charge >= 0.3 is 0 Å². The first-order valence-electron chi connectivity index (χ1n) is 8.51. The molecule has 2 fully saturated rings. The standard InChI is InChI=1S/C18H29N3/c1-20(18-9-5-6-15(18)14-19)16-10-12-21(13-11-16)17-7-3-2-4-8-17/h2-4,7-8,15-16,18H,5-6,9-14,19H2,1H3. The van der Waals surface area contributed by atoms with E-state index in [4.69, 9.17) is 5.73 Å². The molecule has 1 aromatic carbocycles. The number of nitrogens with zero attached hydrogens (tertiary/aromatic N) is 2. The Morgan fingerprint density at radius 2 is 1.81 bits per heavy atom. The van der Waals surface area contributed by atoms with Crippen molar-refractivity contribution in [2.45, 2.75) is 44.2 Å². The Morgan fingerprint density at radius 3 is 2.48 bits per heavy atom. The predicted octanol–water partition coefficient (Wildman–Crippen LogP) is 2.71. The average Bonchev–Trinajstić information content (AvgIpc) is 3.04. The van der Waals surface area contributed by atoms with Crippen LogP contribution in [0.5, 0.6) is 0 Å². The van der Waals surface area contributed by atoms with Gasteiger partial charge in [-0.3, -0.25) is 0 Å². The van der Waals surface area contributed by atoms with Crippen LogP contribution in [-0.4, -0.2) is 43.7 Å². The van der Waals surface area contributed by atoms with Gasteiger partial charge in [0.2, 0.25) is 0 Å². The van der Waals surface area contributed by atoms with Crippen LogP contribution in [0, 0.1) is 5.92 Å². The van der Waals surface area contributed by atoms with E-state index in [2.05, 4.69) is 47.2 Å². The van der Waals surface area contributed by atoms with Crippen LogP contribution in [0.4, 0.5) is 5.69 Å². The first kappa shape index (κ1) is 14.9. The fraction of sp³-hybridized carbons (Fsp3) is 0.667. The van der Waals surface area contributed by atoms with E-state index in [1.807, 2.05) is 0 Å². The monoisotopic (exact) mass is 287 g/mol. The summed E-state index contributed by atoms with van der Waals surface area (Å²) in [6.07, 6.45) is 6.59. The lowest BCUT2D eigenvalue weighted by Crippen LogP contribution is -2.49. The van der Waals surface area contributed by atoms with E-state index in [0.717, 1.165) is 24.5 Å². The molecule has 1 saturated heterocycles. The summed E-state index contributed by atoms with van der Waals surface area (Å²) in [6, 6.07) is 12.3. The lowest BCUT2D eigenvalue weighted by molar-refractivity contribution is 0.123. The molecule has 21 heavy (non-hydrogen) atoms. The Balaban J connectivity index is 1.56. The third-order valence-electron chi connectivity index (χ3n) is 5.61. The summed E-state index contributed by atoms with van der Waals surface area (Å²) in [5, 5.41) is 0. The maximum absolute atomic E-state index is 5.95. The van der Waals surface area contributed by atoms with E-state index in [-0.39, 0.29) is 0 Å². The molecule has 2 unspecified atom stereocenters. The van der Waals surface area contributed by atoms with E-state index in [9.17, 15) is 0 Å². The zero-order valence-electron chi connectivity index (χ0n) is 13.2. The van der Waals surface area contributed by atoms with Crippen LogP contribution in [0.15, 0.2) is 30.3 Å². The predicted molar refractivity (Wildman–Crippen MR) is 89.6 cm³/mol. The normalized spacial score (nSPS) is 27.5. The number of hydrogen-bond donors (Lipinski definition) is 1. The molecule has 2 aliphatic rings. The number of piperidine rings is 1. The molecule has 3 nitrogen and oxygen atoms in total. The van der Waals surface area contributed by atoms with E-state index >= 15 is 0 Å². The van der Waals surface area contributed by atoms with Crippen molar-refractivity contribution in [2.24, 2.45) is 11.7 Å². The van der Waals surface area contributed by atoms with Crippen molar-refractivity contribution in [1.82, 2.24) is 4.90 Å². The minimum atomic E-state index is 0.724. The lowest BCUT2D eigenvalue weighted by Gasteiger charge is -2.41. The second kappa shape index (κ2) is 6.80. The van der Waals surface area contributed by atoms with Gasteiger partial charge in [0.15, 0.2) is 0 Å². The molecule has 1 heterocycles. The van der Waals surface area contributed by atoms with Gasteiger partial charge in [-0.15, -0.1) is 0 Å². The average molecular weight is 287 g/mol. The molecule has 0 bridgehead atoms. The zero-order valence-corrected chi connectivity index (χ0v) is 13.2. The molecule has 1 aliphatic carbocycles. The number of para-hydroxylation sites is 1. The van der Waals surface area contributed by atoms with Crippen LogP contribution in [0.3, 0.4) is 0 Å². The maximum atomic E-state index is 5.95. The Hall–Kier alpha value is -1.06. The van der Waals surface area contributed by atoms with Crippen molar-refractivity contribution in [3.8, 4) is 0 Å². The van der Waals surface area contributed by atoms with Gasteiger partial charge in [0.05, 0.1) is 0 Å². The molecule has 116 valence electrons. The molecule has 0 spiro atoms. The largest absolute Gasteiger partial charge is 0.371 e. The molecule has 2 atom stereocenters. The lowest BCUT2D eigenvalue weighted by atomic mass is 9.96. The molecule has 0 amide bonds. The molecule has 3 heteroatoms. The van der Waals surface area contributed by atoms with E-state index < -0.39 is 0 Å². The molecule has 0 radical (unpaired) electrons. The van der Waals surface area contributed by atoms with Gasteiger partial charge in [-0.2, -0.15) is 0 Å². The topological polar surface area (TPSA) is 32.5 Å². The van der Waals surface area contributed by atoms with Crippen LogP contribution in [-0.2, 0) is 0 Å². The van der Waals surface area contributed by atoms with Crippen molar-refractivity contribution < 1.29 is 0 Å². The van der Waals surface area contributed by atoms with Crippen molar-refractivity contribution in [3.63, 3.8) is 0 Å². The summed E-state index contributed by atoms with van der Waals surface area (Å²) in [6.45, 7) is 3.22. The summed E-state index contributed by atoms with van der Waals surface area (Å²) in [7, 11) is 2.33. The molecule has 1 aromatic rings. The Bertz CT molecular complexity index is 425. The Kier molecular flexibility index (Phi) is 4.81. The van der Waals surface area contributed by atoms with E-state index in [0.29, 0.717) is 0 Å². The number of hydrogen-bond acceptors (Lipinski definition) is 3. The molecular weight excluding hydrogens is 258 g/mol. The maximum Gasteiger partial charge on any atom is 0.0366 e. The minimum absolute atomic E-state index is 0.724. The van der Waals surface area contributed by atoms with Crippen LogP contribution < -0.4 is 10.6 Å². The van der Waals surface area contributed by atoms with Gasteiger partial charge in [0.1, 0.15) is 0 Å². The number of benzene rings is 1. The Morgan fingerprint density at radius 1 is 1.10 bits per heavy atom. The first-order valence-corrected chi connectivity index (χ1v) is 8.51. The molecule has 0 aromatic heterocycles. The zero-order chi connectivity index (χ0) is 14.7. The van der Waals surface area contributed by atoms with Gasteiger partial charge in [-0.1, -0.05) is 24.6 Å². The molecule has 1 aliphatic heterocycles. The minimum Gasteiger partial charge on any atom is -0.371 e. The Labute approximate surface area is 129 Å². The SMILES string of the molecule is CN(C1CCN(c2ccccc2)CC1)C1CCCC1CN. The van der Waals surface area contributed by atoms with Crippen LogP contribution in [0.25, 0.3) is 0 Å². The quantitative estimate of drug-likeness (QED) is 0.924. The first-order chi connectivity index (χ1) is 10.3.